The molecule has 0 bridgehead atoms. The van der Waals surface area contributed by atoms with Gasteiger partial charge in [0.2, 0.25) is 0 Å². The molecule has 2 unspecified atom stereocenters. The first-order valence-corrected chi connectivity index (χ1v) is 5.07. The topological polar surface area (TPSA) is 41.5 Å². The molecule has 0 amide bonds. The molecule has 1 fully saturated rings. The van der Waals surface area contributed by atoms with Crippen molar-refractivity contribution in [2.45, 2.75) is 50.9 Å². The maximum Gasteiger partial charge on any atom is 0.0568 e. The van der Waals surface area contributed by atoms with E-state index in [2.05, 4.69) is 19.2 Å². The maximum atomic E-state index is 9.01. The number of rotatable bonds is 3. The molecule has 3 heteroatoms. The minimum Gasteiger partial charge on any atom is -0.396 e. The van der Waals surface area contributed by atoms with Gasteiger partial charge in [0.05, 0.1) is 12.2 Å². The van der Waals surface area contributed by atoms with Crippen LogP contribution in [0.3, 0.4) is 0 Å². The standard InChI is InChI=1S/C10H21NO2/c1-8-6-10(11-3,4-5-12)7-9(2)13-8/h8-9,11-12H,4-7H2,1-3H3. The molecular weight excluding hydrogens is 166 g/mol. The number of aliphatic hydroxyl groups excluding tert-OH is 1. The third kappa shape index (κ3) is 2.66. The van der Waals surface area contributed by atoms with Crippen molar-refractivity contribution in [1.29, 1.82) is 0 Å². The van der Waals surface area contributed by atoms with Crippen LogP contribution >= 0.6 is 0 Å². The second-order valence-corrected chi connectivity index (χ2v) is 4.17. The highest BCUT2D eigenvalue weighted by Crippen LogP contribution is 2.30. The normalized spacial score (nSPS) is 40.6. The van der Waals surface area contributed by atoms with Gasteiger partial charge >= 0.3 is 0 Å². The van der Waals surface area contributed by atoms with Crippen molar-refractivity contribution in [3.05, 3.63) is 0 Å². The summed E-state index contributed by atoms with van der Waals surface area (Å²) < 4.78 is 5.67. The van der Waals surface area contributed by atoms with Gasteiger partial charge in [-0.05, 0) is 40.2 Å². The molecule has 1 aliphatic rings. The van der Waals surface area contributed by atoms with Gasteiger partial charge in [-0.3, -0.25) is 0 Å². The number of hydrogen-bond donors (Lipinski definition) is 2. The summed E-state index contributed by atoms with van der Waals surface area (Å²) in [6, 6.07) is 0. The fourth-order valence-electron chi connectivity index (χ4n) is 2.42. The molecule has 0 radical (unpaired) electrons. The van der Waals surface area contributed by atoms with Crippen molar-refractivity contribution in [2.75, 3.05) is 13.7 Å². The van der Waals surface area contributed by atoms with Crippen molar-refractivity contribution < 1.29 is 9.84 Å². The van der Waals surface area contributed by atoms with E-state index in [1.807, 2.05) is 7.05 Å². The van der Waals surface area contributed by atoms with Gasteiger partial charge in [0.1, 0.15) is 0 Å². The van der Waals surface area contributed by atoms with Crippen molar-refractivity contribution in [3.63, 3.8) is 0 Å². The third-order valence-corrected chi connectivity index (χ3v) is 2.94. The van der Waals surface area contributed by atoms with Crippen LogP contribution in [0, 0.1) is 0 Å². The quantitative estimate of drug-likeness (QED) is 0.690. The number of ether oxygens (including phenoxy) is 1. The molecule has 1 saturated heterocycles. The van der Waals surface area contributed by atoms with Crippen molar-refractivity contribution in [3.8, 4) is 0 Å². The lowest BCUT2D eigenvalue weighted by Gasteiger charge is -2.42. The van der Waals surface area contributed by atoms with E-state index in [1.165, 1.54) is 0 Å². The Kier molecular flexibility index (Phi) is 3.71. The fraction of sp³-hybridized carbons (Fsp3) is 1.00. The smallest absolute Gasteiger partial charge is 0.0568 e. The van der Waals surface area contributed by atoms with Crippen LogP contribution in [0.4, 0.5) is 0 Å². The van der Waals surface area contributed by atoms with E-state index in [4.69, 9.17) is 9.84 Å². The van der Waals surface area contributed by atoms with E-state index in [9.17, 15) is 0 Å². The van der Waals surface area contributed by atoms with Gasteiger partial charge in [-0.1, -0.05) is 0 Å². The molecule has 78 valence electrons. The van der Waals surface area contributed by atoms with Crippen molar-refractivity contribution >= 4 is 0 Å². The number of hydrogen-bond acceptors (Lipinski definition) is 3. The predicted octanol–water partition coefficient (Wildman–Crippen LogP) is 0.914. The van der Waals surface area contributed by atoms with E-state index < -0.39 is 0 Å². The first-order chi connectivity index (χ1) is 6.12. The Hall–Kier alpha value is -0.120. The van der Waals surface area contributed by atoms with Gasteiger partial charge < -0.3 is 15.2 Å². The fourth-order valence-corrected chi connectivity index (χ4v) is 2.42. The largest absolute Gasteiger partial charge is 0.396 e. The van der Waals surface area contributed by atoms with Crippen LogP contribution < -0.4 is 5.32 Å². The molecule has 13 heavy (non-hydrogen) atoms. The molecule has 3 nitrogen and oxygen atoms in total. The summed E-state index contributed by atoms with van der Waals surface area (Å²) in [6.45, 7) is 4.44. The van der Waals surface area contributed by atoms with Crippen LogP contribution in [-0.2, 0) is 4.74 Å². The summed E-state index contributed by atoms with van der Waals surface area (Å²) in [5, 5.41) is 12.3. The summed E-state index contributed by atoms with van der Waals surface area (Å²) in [4.78, 5) is 0. The van der Waals surface area contributed by atoms with Gasteiger partial charge in [-0.25, -0.2) is 0 Å². The zero-order chi connectivity index (χ0) is 9.90. The monoisotopic (exact) mass is 187 g/mol. The first-order valence-electron chi connectivity index (χ1n) is 5.07. The summed E-state index contributed by atoms with van der Waals surface area (Å²) in [6.07, 6.45) is 3.40. The van der Waals surface area contributed by atoms with E-state index in [0.29, 0.717) is 12.2 Å². The summed E-state index contributed by atoms with van der Waals surface area (Å²) in [5.41, 5.74) is 0.0891. The molecule has 1 heterocycles. The van der Waals surface area contributed by atoms with Crippen LogP contribution in [-0.4, -0.2) is 36.5 Å². The Morgan fingerprint density at radius 2 is 1.92 bits per heavy atom. The summed E-state index contributed by atoms with van der Waals surface area (Å²) >= 11 is 0. The highest BCUT2D eigenvalue weighted by Gasteiger charge is 2.36. The van der Waals surface area contributed by atoms with Gasteiger partial charge in [-0.15, -0.1) is 0 Å². The Labute approximate surface area is 80.5 Å². The van der Waals surface area contributed by atoms with Crippen LogP contribution in [0.25, 0.3) is 0 Å². The molecule has 0 spiro atoms. The van der Waals surface area contributed by atoms with Gasteiger partial charge in [0.15, 0.2) is 0 Å². The second kappa shape index (κ2) is 4.40. The summed E-state index contributed by atoms with van der Waals surface area (Å²) in [5.74, 6) is 0. The van der Waals surface area contributed by atoms with Crippen molar-refractivity contribution in [1.82, 2.24) is 5.32 Å². The van der Waals surface area contributed by atoms with Crippen LogP contribution in [0.1, 0.15) is 33.1 Å². The van der Waals surface area contributed by atoms with Gasteiger partial charge in [-0.2, -0.15) is 0 Å². The average Bonchev–Trinajstić information content (AvgIpc) is 2.03. The van der Waals surface area contributed by atoms with Crippen LogP contribution in [0.5, 0.6) is 0 Å². The minimum atomic E-state index is 0.0891. The van der Waals surface area contributed by atoms with Gasteiger partial charge in [0, 0.05) is 12.1 Å². The minimum absolute atomic E-state index is 0.0891. The SMILES string of the molecule is CNC1(CCO)CC(C)OC(C)C1. The maximum absolute atomic E-state index is 9.01. The highest BCUT2D eigenvalue weighted by molar-refractivity contribution is 4.93. The first kappa shape index (κ1) is 11.0. The molecule has 0 aromatic heterocycles. The summed E-state index contributed by atoms with van der Waals surface area (Å²) in [7, 11) is 1.97. The molecule has 0 saturated carbocycles. The van der Waals surface area contributed by atoms with E-state index in [1.54, 1.807) is 0 Å². The average molecular weight is 187 g/mol. The molecule has 1 aliphatic heterocycles. The van der Waals surface area contributed by atoms with Crippen LogP contribution in [0.2, 0.25) is 0 Å². The van der Waals surface area contributed by atoms with E-state index in [-0.39, 0.29) is 12.1 Å². The molecule has 0 aromatic carbocycles. The van der Waals surface area contributed by atoms with Crippen molar-refractivity contribution in [2.24, 2.45) is 0 Å². The lowest BCUT2D eigenvalue weighted by molar-refractivity contribution is -0.0720. The zero-order valence-corrected chi connectivity index (χ0v) is 8.84. The Balaban J connectivity index is 2.62. The molecule has 0 aliphatic carbocycles. The third-order valence-electron chi connectivity index (χ3n) is 2.94. The van der Waals surface area contributed by atoms with Crippen LogP contribution in [0.15, 0.2) is 0 Å². The number of aliphatic hydroxyl groups is 1. The van der Waals surface area contributed by atoms with E-state index in [0.717, 1.165) is 19.3 Å². The van der Waals surface area contributed by atoms with Gasteiger partial charge in [0.25, 0.3) is 0 Å². The second-order valence-electron chi connectivity index (χ2n) is 4.17. The lowest BCUT2D eigenvalue weighted by atomic mass is 9.82. The Morgan fingerprint density at radius 1 is 1.38 bits per heavy atom. The zero-order valence-electron chi connectivity index (χ0n) is 8.84. The Bertz CT molecular complexity index is 151. The number of nitrogens with one attached hydrogen (secondary N) is 1. The van der Waals surface area contributed by atoms with E-state index >= 15 is 0 Å². The Morgan fingerprint density at radius 3 is 2.31 bits per heavy atom. The molecule has 2 atom stereocenters. The predicted molar refractivity (Wildman–Crippen MR) is 52.7 cm³/mol. The molecular formula is C10H21NO2. The molecule has 2 N–H and O–H groups in total. The molecule has 0 aromatic rings. The lowest BCUT2D eigenvalue weighted by Crippen LogP contribution is -2.52. The molecule has 1 rings (SSSR count). The highest BCUT2D eigenvalue weighted by atomic mass is 16.5.